The summed E-state index contributed by atoms with van der Waals surface area (Å²) in [6.45, 7) is 2.33. The van der Waals surface area contributed by atoms with E-state index < -0.39 is 0 Å². The van der Waals surface area contributed by atoms with Crippen LogP contribution in [0.4, 0.5) is 0 Å². The summed E-state index contributed by atoms with van der Waals surface area (Å²) in [5.74, 6) is 0.820. The number of methoxy groups -OCH3 is 1. The van der Waals surface area contributed by atoms with Crippen molar-refractivity contribution in [2.75, 3.05) is 13.7 Å². The van der Waals surface area contributed by atoms with E-state index in [-0.39, 0.29) is 18.3 Å². The molecule has 0 fully saturated rings. The van der Waals surface area contributed by atoms with Crippen molar-refractivity contribution in [2.24, 2.45) is 0 Å². The second-order valence-corrected chi connectivity index (χ2v) is 9.82. The highest BCUT2D eigenvalue weighted by atomic mass is 16.6. The fourth-order valence-corrected chi connectivity index (χ4v) is 4.74. The van der Waals surface area contributed by atoms with E-state index in [9.17, 15) is 0 Å². The molecule has 4 aromatic rings. The van der Waals surface area contributed by atoms with Gasteiger partial charge in [0.1, 0.15) is 24.1 Å². The van der Waals surface area contributed by atoms with Gasteiger partial charge in [-0.25, -0.2) is 0 Å². The lowest BCUT2D eigenvalue weighted by molar-refractivity contribution is -0.117. The van der Waals surface area contributed by atoms with Crippen molar-refractivity contribution in [3.05, 3.63) is 149 Å². The molecule has 0 spiro atoms. The van der Waals surface area contributed by atoms with E-state index in [1.54, 1.807) is 7.11 Å². The molecule has 40 heavy (non-hydrogen) atoms. The molecule has 5 nitrogen and oxygen atoms in total. The topological polar surface area (TPSA) is 46.2 Å². The summed E-state index contributed by atoms with van der Waals surface area (Å²) in [6.07, 6.45) is 1.21. The average Bonchev–Trinajstić information content (AvgIpc) is 3.35. The molecule has 0 saturated heterocycles. The zero-order chi connectivity index (χ0) is 27.4. The monoisotopic (exact) mass is 536 g/mol. The maximum absolute atomic E-state index is 6.55. The van der Waals surface area contributed by atoms with Crippen molar-refractivity contribution in [3.8, 4) is 5.75 Å². The Morgan fingerprint density at radius 2 is 1.00 bits per heavy atom. The molecule has 5 heteroatoms. The second kappa shape index (κ2) is 14.6. The van der Waals surface area contributed by atoms with Crippen LogP contribution in [0.15, 0.2) is 127 Å². The smallest absolute Gasteiger partial charge is 0.118 e. The Hall–Kier alpha value is -3.74. The summed E-state index contributed by atoms with van der Waals surface area (Å²) in [5, 5.41) is 0. The third-order valence-electron chi connectivity index (χ3n) is 6.91. The predicted molar refractivity (Wildman–Crippen MR) is 156 cm³/mol. The van der Waals surface area contributed by atoms with Gasteiger partial charge in [0, 0.05) is 0 Å². The van der Waals surface area contributed by atoms with Gasteiger partial charge in [0.2, 0.25) is 0 Å². The maximum atomic E-state index is 6.55. The van der Waals surface area contributed by atoms with Crippen molar-refractivity contribution < 1.29 is 23.7 Å². The summed E-state index contributed by atoms with van der Waals surface area (Å²) in [5.41, 5.74) is 5.44. The first-order valence-corrected chi connectivity index (χ1v) is 13.7. The Labute approximate surface area is 236 Å². The third-order valence-corrected chi connectivity index (χ3v) is 6.91. The predicted octanol–water partition coefficient (Wildman–Crippen LogP) is 6.91. The summed E-state index contributed by atoms with van der Waals surface area (Å²) in [6, 6.07) is 38.5. The molecule has 4 aromatic carbocycles. The van der Waals surface area contributed by atoms with Crippen LogP contribution in [0.5, 0.6) is 5.75 Å². The first kappa shape index (κ1) is 27.8. The van der Waals surface area contributed by atoms with E-state index in [4.69, 9.17) is 23.7 Å². The van der Waals surface area contributed by atoms with Gasteiger partial charge in [-0.15, -0.1) is 0 Å². The number of benzene rings is 4. The lowest BCUT2D eigenvalue weighted by atomic mass is 10.1. The molecular formula is C35H36O5. The maximum Gasteiger partial charge on any atom is 0.118 e. The minimum absolute atomic E-state index is 0.290. The van der Waals surface area contributed by atoms with Gasteiger partial charge in [-0.2, -0.15) is 0 Å². The number of hydrogen-bond donors (Lipinski definition) is 0. The molecule has 3 atom stereocenters. The third kappa shape index (κ3) is 7.90. The van der Waals surface area contributed by atoms with Gasteiger partial charge < -0.3 is 23.7 Å². The Balaban J connectivity index is 1.33. The van der Waals surface area contributed by atoms with E-state index in [1.165, 1.54) is 0 Å². The van der Waals surface area contributed by atoms with E-state index in [0.29, 0.717) is 33.0 Å². The van der Waals surface area contributed by atoms with Gasteiger partial charge in [0.25, 0.3) is 0 Å². The molecule has 1 aliphatic carbocycles. The van der Waals surface area contributed by atoms with Crippen molar-refractivity contribution in [3.63, 3.8) is 0 Å². The van der Waals surface area contributed by atoms with Crippen LogP contribution >= 0.6 is 0 Å². The quantitative estimate of drug-likeness (QED) is 0.164. The summed E-state index contributed by atoms with van der Waals surface area (Å²) in [4.78, 5) is 0. The van der Waals surface area contributed by atoms with Crippen LogP contribution in [0.2, 0.25) is 0 Å². The minimum Gasteiger partial charge on any atom is -0.497 e. The van der Waals surface area contributed by atoms with Crippen LogP contribution in [0.1, 0.15) is 22.3 Å². The van der Waals surface area contributed by atoms with Crippen LogP contribution in [-0.2, 0) is 45.4 Å². The highest BCUT2D eigenvalue weighted by Crippen LogP contribution is 2.31. The van der Waals surface area contributed by atoms with Gasteiger partial charge in [-0.1, -0.05) is 103 Å². The second-order valence-electron chi connectivity index (χ2n) is 9.82. The molecule has 0 aliphatic heterocycles. The largest absolute Gasteiger partial charge is 0.497 e. The highest BCUT2D eigenvalue weighted by Gasteiger charge is 2.40. The first-order valence-electron chi connectivity index (χ1n) is 13.7. The Kier molecular flexibility index (Phi) is 10.1. The standard InChI is InChI=1S/C35H36O5/c1-36-32-19-17-30(18-20-32)23-38-33-21-31(26-37-22-27-11-5-2-6-12-27)34(39-24-28-13-7-3-8-14-28)35(33)40-25-29-15-9-4-10-16-29/h2-21,33-35H,22-26H2,1H3/t33-,34-,35-/m1/s1. The minimum atomic E-state index is -0.322. The van der Waals surface area contributed by atoms with Crippen molar-refractivity contribution >= 4 is 0 Å². The normalized spacial score (nSPS) is 18.4. The van der Waals surface area contributed by atoms with Crippen LogP contribution in [0, 0.1) is 0 Å². The van der Waals surface area contributed by atoms with E-state index >= 15 is 0 Å². The molecule has 0 amide bonds. The van der Waals surface area contributed by atoms with Crippen LogP contribution < -0.4 is 4.74 Å². The lowest BCUT2D eigenvalue weighted by Crippen LogP contribution is -2.38. The Bertz CT molecular complexity index is 1310. The fourth-order valence-electron chi connectivity index (χ4n) is 4.74. The molecule has 206 valence electrons. The molecule has 0 bridgehead atoms. The number of ether oxygens (including phenoxy) is 5. The Morgan fingerprint density at radius 3 is 1.57 bits per heavy atom. The molecule has 0 heterocycles. The number of rotatable bonds is 14. The molecular weight excluding hydrogens is 500 g/mol. The van der Waals surface area contributed by atoms with Crippen LogP contribution in [-0.4, -0.2) is 32.0 Å². The fraction of sp³-hybridized carbons (Fsp3) is 0.257. The van der Waals surface area contributed by atoms with Gasteiger partial charge in [0.05, 0.1) is 40.1 Å². The van der Waals surface area contributed by atoms with Gasteiger partial charge in [-0.3, -0.25) is 0 Å². The van der Waals surface area contributed by atoms with Crippen LogP contribution in [0.3, 0.4) is 0 Å². The van der Waals surface area contributed by atoms with Crippen molar-refractivity contribution in [1.82, 2.24) is 0 Å². The SMILES string of the molecule is COc1ccc(CO[C@@H]2C=C(COCc3ccccc3)[C@@H](OCc3ccccc3)[C@@H]2OCc2ccccc2)cc1. The molecule has 0 saturated carbocycles. The number of hydrogen-bond acceptors (Lipinski definition) is 5. The van der Waals surface area contributed by atoms with E-state index in [2.05, 4.69) is 42.5 Å². The molecule has 0 N–H and O–H groups in total. The molecule has 1 aliphatic rings. The zero-order valence-electron chi connectivity index (χ0n) is 22.9. The zero-order valence-corrected chi connectivity index (χ0v) is 22.9. The van der Waals surface area contributed by atoms with E-state index in [1.807, 2.05) is 78.9 Å². The van der Waals surface area contributed by atoms with Gasteiger partial charge >= 0.3 is 0 Å². The van der Waals surface area contributed by atoms with Gasteiger partial charge in [-0.05, 0) is 46.0 Å². The summed E-state index contributed by atoms with van der Waals surface area (Å²) >= 11 is 0. The highest BCUT2D eigenvalue weighted by molar-refractivity contribution is 5.28. The molecule has 0 aromatic heterocycles. The Morgan fingerprint density at radius 1 is 0.500 bits per heavy atom. The van der Waals surface area contributed by atoms with Crippen molar-refractivity contribution in [2.45, 2.75) is 44.7 Å². The molecule has 0 unspecified atom stereocenters. The van der Waals surface area contributed by atoms with E-state index in [0.717, 1.165) is 33.6 Å². The summed E-state index contributed by atoms with van der Waals surface area (Å²) in [7, 11) is 1.67. The molecule has 5 rings (SSSR count). The average molecular weight is 537 g/mol. The van der Waals surface area contributed by atoms with Gasteiger partial charge in [0.15, 0.2) is 0 Å². The first-order chi connectivity index (χ1) is 19.8. The van der Waals surface area contributed by atoms with Crippen molar-refractivity contribution in [1.29, 1.82) is 0 Å². The molecule has 0 radical (unpaired) electrons. The summed E-state index contributed by atoms with van der Waals surface area (Å²) < 4.78 is 31.0. The lowest BCUT2D eigenvalue weighted by Gasteiger charge is -2.28. The van der Waals surface area contributed by atoms with Crippen LogP contribution in [0.25, 0.3) is 0 Å².